The molecule has 0 atom stereocenters. The number of fused-ring (bicyclic) bond motifs is 1. The average Bonchev–Trinajstić information content (AvgIpc) is 3.36. The van der Waals surface area contributed by atoms with Crippen molar-refractivity contribution in [3.8, 4) is 10.4 Å². The Balaban J connectivity index is 1.21. The number of carbonyl (C=O) groups excluding carboxylic acids is 1. The normalized spacial score (nSPS) is 19.3. The Hall–Kier alpha value is -2.32. The maximum absolute atomic E-state index is 13.2. The molecule has 0 amide bonds. The van der Waals surface area contributed by atoms with Crippen molar-refractivity contribution in [2.24, 2.45) is 11.3 Å². The van der Waals surface area contributed by atoms with Gasteiger partial charge in [-0.25, -0.2) is 0 Å². The van der Waals surface area contributed by atoms with Crippen molar-refractivity contribution in [3.63, 3.8) is 0 Å². The third-order valence-electron chi connectivity index (χ3n) is 6.87. The number of Topliss-reactive ketones (excluding diaryl/α,β-unsaturated/α-hetero) is 1. The van der Waals surface area contributed by atoms with E-state index in [1.807, 2.05) is 29.3 Å². The number of nitrogens with zero attached hydrogens (tertiary/aromatic N) is 3. The lowest BCUT2D eigenvalue weighted by Crippen LogP contribution is -2.43. The van der Waals surface area contributed by atoms with Gasteiger partial charge in [-0.1, -0.05) is 12.1 Å². The van der Waals surface area contributed by atoms with E-state index in [0.29, 0.717) is 25.9 Å². The predicted octanol–water partition coefficient (Wildman–Crippen LogP) is 5.52. The number of benzene rings is 1. The highest BCUT2D eigenvalue weighted by Crippen LogP contribution is 2.58. The summed E-state index contributed by atoms with van der Waals surface area (Å²) in [5.74, 6) is 0.0281. The lowest BCUT2D eigenvalue weighted by molar-refractivity contribution is -0.192. The molecular weight excluding hydrogens is 435 g/mol. The Morgan fingerprint density at radius 2 is 1.91 bits per heavy atom. The number of pyridine rings is 1. The lowest BCUT2D eigenvalue weighted by atomic mass is 9.89. The minimum atomic E-state index is -4.12. The second kappa shape index (κ2) is 8.23. The van der Waals surface area contributed by atoms with Gasteiger partial charge in [0.1, 0.15) is 5.78 Å². The SMILES string of the molecule is O=C(Cc1cc2cc(-c3cncs3)ccc2cn1)C1CCN(CC2(C(F)(F)F)CC2)CC1. The summed E-state index contributed by atoms with van der Waals surface area (Å²) in [5.41, 5.74) is 2.12. The summed E-state index contributed by atoms with van der Waals surface area (Å²) in [5, 5.41) is 2.05. The molecule has 2 fully saturated rings. The fourth-order valence-electron chi connectivity index (χ4n) is 4.64. The first kappa shape index (κ1) is 21.5. The van der Waals surface area contributed by atoms with Gasteiger partial charge in [0.2, 0.25) is 0 Å². The van der Waals surface area contributed by atoms with Crippen LogP contribution in [0.5, 0.6) is 0 Å². The molecule has 4 nitrogen and oxygen atoms in total. The molecule has 1 saturated heterocycles. The van der Waals surface area contributed by atoms with Crippen LogP contribution in [0.1, 0.15) is 31.4 Å². The topological polar surface area (TPSA) is 46.1 Å². The molecule has 2 aliphatic rings. The molecule has 168 valence electrons. The molecule has 8 heteroatoms. The molecule has 1 aromatic carbocycles. The van der Waals surface area contributed by atoms with Crippen LogP contribution in [0.2, 0.25) is 0 Å². The first-order valence-electron chi connectivity index (χ1n) is 10.9. The summed E-state index contributed by atoms with van der Waals surface area (Å²) in [6.07, 6.45) is 1.47. The Morgan fingerprint density at radius 3 is 2.56 bits per heavy atom. The highest BCUT2D eigenvalue weighted by Gasteiger charge is 2.63. The number of halogens is 3. The maximum atomic E-state index is 13.2. The van der Waals surface area contributed by atoms with Crippen LogP contribution in [0.15, 0.2) is 42.2 Å². The van der Waals surface area contributed by atoms with E-state index in [4.69, 9.17) is 0 Å². The van der Waals surface area contributed by atoms with E-state index >= 15 is 0 Å². The molecule has 32 heavy (non-hydrogen) atoms. The first-order chi connectivity index (χ1) is 15.3. The van der Waals surface area contributed by atoms with Crippen molar-refractivity contribution < 1.29 is 18.0 Å². The minimum Gasteiger partial charge on any atom is -0.302 e. The summed E-state index contributed by atoms with van der Waals surface area (Å²) in [6, 6.07) is 8.12. The van der Waals surface area contributed by atoms with E-state index in [2.05, 4.69) is 16.0 Å². The average molecular weight is 460 g/mol. The Kier molecular flexibility index (Phi) is 5.53. The van der Waals surface area contributed by atoms with Crippen LogP contribution < -0.4 is 0 Å². The van der Waals surface area contributed by atoms with Crippen LogP contribution in [0.25, 0.3) is 21.2 Å². The predicted molar refractivity (Wildman–Crippen MR) is 118 cm³/mol. The Morgan fingerprint density at radius 1 is 1.12 bits per heavy atom. The van der Waals surface area contributed by atoms with Gasteiger partial charge in [-0.2, -0.15) is 13.2 Å². The molecule has 0 radical (unpaired) electrons. The van der Waals surface area contributed by atoms with Crippen molar-refractivity contribution in [3.05, 3.63) is 47.9 Å². The van der Waals surface area contributed by atoms with Crippen molar-refractivity contribution in [2.45, 2.75) is 38.3 Å². The molecule has 2 aromatic heterocycles. The van der Waals surface area contributed by atoms with Gasteiger partial charge < -0.3 is 4.90 Å². The maximum Gasteiger partial charge on any atom is 0.395 e. The number of thiazole rings is 1. The molecular formula is C24H24F3N3OS. The quantitative estimate of drug-likeness (QED) is 0.487. The third-order valence-corrected chi connectivity index (χ3v) is 7.70. The van der Waals surface area contributed by atoms with E-state index < -0.39 is 11.6 Å². The zero-order chi connectivity index (χ0) is 22.3. The molecule has 3 heterocycles. The summed E-state index contributed by atoms with van der Waals surface area (Å²) >= 11 is 1.58. The molecule has 0 unspecified atom stereocenters. The minimum absolute atomic E-state index is 0.0751. The standard InChI is InChI=1S/C24H24F3N3OS/c25-24(26,27)23(5-6-23)14-30-7-3-16(4-8-30)21(31)11-20-10-19-9-17(22-13-28-15-32-22)1-2-18(19)12-29-20/h1-2,9-10,12-13,15-16H,3-8,11,14H2. The van der Waals surface area contributed by atoms with Crippen LogP contribution in [-0.4, -0.2) is 46.5 Å². The Labute approximate surface area is 188 Å². The molecule has 1 saturated carbocycles. The van der Waals surface area contributed by atoms with Gasteiger partial charge in [0.05, 0.1) is 15.8 Å². The number of ketones is 1. The third kappa shape index (κ3) is 4.30. The second-order valence-corrected chi connectivity index (χ2v) is 9.96. The van der Waals surface area contributed by atoms with Crippen LogP contribution in [-0.2, 0) is 11.2 Å². The van der Waals surface area contributed by atoms with Gasteiger partial charge in [-0.15, -0.1) is 11.3 Å². The van der Waals surface area contributed by atoms with Crippen molar-refractivity contribution in [2.75, 3.05) is 19.6 Å². The lowest BCUT2D eigenvalue weighted by Gasteiger charge is -2.34. The van der Waals surface area contributed by atoms with Crippen molar-refractivity contribution >= 4 is 27.9 Å². The van der Waals surface area contributed by atoms with Crippen LogP contribution in [0, 0.1) is 11.3 Å². The Bertz CT molecular complexity index is 1120. The zero-order valence-corrected chi connectivity index (χ0v) is 18.4. The van der Waals surface area contributed by atoms with Gasteiger partial charge in [0, 0.05) is 42.4 Å². The number of alkyl halides is 3. The van der Waals surface area contributed by atoms with Crippen molar-refractivity contribution in [1.29, 1.82) is 0 Å². The largest absolute Gasteiger partial charge is 0.395 e. The van der Waals surface area contributed by atoms with Gasteiger partial charge in [-0.05, 0) is 61.9 Å². The fraction of sp³-hybridized carbons (Fsp3) is 0.458. The second-order valence-electron chi connectivity index (χ2n) is 9.07. The van der Waals surface area contributed by atoms with E-state index in [1.54, 1.807) is 23.0 Å². The summed E-state index contributed by atoms with van der Waals surface area (Å²) in [7, 11) is 0. The number of hydrogen-bond acceptors (Lipinski definition) is 5. The van der Waals surface area contributed by atoms with Crippen LogP contribution >= 0.6 is 11.3 Å². The van der Waals surface area contributed by atoms with E-state index in [0.717, 1.165) is 26.9 Å². The van der Waals surface area contributed by atoms with Gasteiger partial charge >= 0.3 is 6.18 Å². The number of rotatable bonds is 6. The highest BCUT2D eigenvalue weighted by atomic mass is 32.1. The number of carbonyl (C=O) groups is 1. The number of likely N-dealkylation sites (tertiary alicyclic amines) is 1. The monoisotopic (exact) mass is 459 g/mol. The smallest absolute Gasteiger partial charge is 0.302 e. The molecule has 1 aliphatic heterocycles. The van der Waals surface area contributed by atoms with E-state index in [9.17, 15) is 18.0 Å². The summed E-state index contributed by atoms with van der Waals surface area (Å²) < 4.78 is 39.7. The highest BCUT2D eigenvalue weighted by molar-refractivity contribution is 7.13. The molecule has 1 aliphatic carbocycles. The number of hydrogen-bond donors (Lipinski definition) is 0. The summed E-state index contributed by atoms with van der Waals surface area (Å²) in [4.78, 5) is 24.5. The first-order valence-corrected chi connectivity index (χ1v) is 11.8. The molecule has 0 spiro atoms. The number of aromatic nitrogens is 2. The van der Waals surface area contributed by atoms with E-state index in [1.165, 1.54) is 0 Å². The van der Waals surface area contributed by atoms with Gasteiger partial charge in [0.15, 0.2) is 0 Å². The molecule has 0 bridgehead atoms. The van der Waals surface area contributed by atoms with Crippen LogP contribution in [0.3, 0.4) is 0 Å². The molecule has 5 rings (SSSR count). The van der Waals surface area contributed by atoms with Gasteiger partial charge in [0.25, 0.3) is 0 Å². The molecule has 3 aromatic rings. The van der Waals surface area contributed by atoms with Crippen molar-refractivity contribution in [1.82, 2.24) is 14.9 Å². The number of piperidine rings is 1. The molecule has 0 N–H and O–H groups in total. The van der Waals surface area contributed by atoms with Gasteiger partial charge in [-0.3, -0.25) is 14.8 Å². The fourth-order valence-corrected chi connectivity index (χ4v) is 5.26. The summed E-state index contributed by atoms with van der Waals surface area (Å²) in [6.45, 7) is 1.18. The van der Waals surface area contributed by atoms with Crippen LogP contribution in [0.4, 0.5) is 13.2 Å². The zero-order valence-electron chi connectivity index (χ0n) is 17.6. The van der Waals surface area contributed by atoms with E-state index in [-0.39, 0.29) is 37.5 Å².